The maximum atomic E-state index is 13.6. The van der Waals surface area contributed by atoms with Gasteiger partial charge in [-0.25, -0.2) is 0 Å². The molecule has 39 heavy (non-hydrogen) atoms. The van der Waals surface area contributed by atoms with Crippen LogP contribution in [0.15, 0.2) is 67.0 Å². The molecule has 208 valence electrons. The number of carbonyl (C=O) groups is 2. The average molecular weight is 532 g/mol. The van der Waals surface area contributed by atoms with E-state index in [-0.39, 0.29) is 18.4 Å². The van der Waals surface area contributed by atoms with Crippen molar-refractivity contribution in [2.45, 2.75) is 59.2 Å². The van der Waals surface area contributed by atoms with Gasteiger partial charge in [-0.15, -0.1) is 0 Å². The van der Waals surface area contributed by atoms with Crippen LogP contribution in [0.1, 0.15) is 44.2 Å². The van der Waals surface area contributed by atoms with Crippen LogP contribution in [0.25, 0.3) is 0 Å². The molecule has 1 aliphatic rings. The number of aromatic nitrogens is 2. The molecule has 0 atom stereocenters. The third-order valence-corrected chi connectivity index (χ3v) is 7.26. The van der Waals surface area contributed by atoms with Crippen LogP contribution in [0.2, 0.25) is 0 Å². The summed E-state index contributed by atoms with van der Waals surface area (Å²) in [6, 6.07) is 17.8. The summed E-state index contributed by atoms with van der Waals surface area (Å²) in [6.07, 6.45) is 5.70. The van der Waals surface area contributed by atoms with Gasteiger partial charge in [0.25, 0.3) is 5.91 Å². The van der Waals surface area contributed by atoms with Crippen LogP contribution in [-0.2, 0) is 22.7 Å². The molecule has 0 bridgehead atoms. The lowest BCUT2D eigenvalue weighted by molar-refractivity contribution is -0.132. The molecule has 2 aromatic carbocycles. The van der Waals surface area contributed by atoms with Crippen LogP contribution in [0, 0.1) is 6.92 Å². The third kappa shape index (κ3) is 7.93. The molecule has 0 radical (unpaired) electrons. The summed E-state index contributed by atoms with van der Waals surface area (Å²) < 4.78 is 7.71. The zero-order chi connectivity index (χ0) is 27.6. The predicted octanol–water partition coefficient (Wildman–Crippen LogP) is 4.53. The van der Waals surface area contributed by atoms with E-state index in [0.717, 1.165) is 42.7 Å². The van der Waals surface area contributed by atoms with Gasteiger partial charge in [0.15, 0.2) is 6.61 Å². The second-order valence-corrected chi connectivity index (χ2v) is 10.4. The SMILES string of the molecule is Cc1cccc2c1N(C(=O)COc1ccccc1)CCCN(C(C)C)CCN(C(=O)CCCn1cccn1)C2. The molecule has 4 rings (SSSR count). The summed E-state index contributed by atoms with van der Waals surface area (Å²) in [7, 11) is 0. The molecular weight excluding hydrogens is 490 g/mol. The Balaban J connectivity index is 1.57. The van der Waals surface area contributed by atoms with E-state index in [2.05, 4.69) is 23.8 Å². The van der Waals surface area contributed by atoms with Gasteiger partial charge in [-0.2, -0.15) is 5.10 Å². The van der Waals surface area contributed by atoms with E-state index in [1.54, 1.807) is 6.20 Å². The van der Waals surface area contributed by atoms with Gasteiger partial charge in [0, 0.05) is 64.1 Å². The van der Waals surface area contributed by atoms with Crippen molar-refractivity contribution in [1.82, 2.24) is 19.6 Å². The van der Waals surface area contributed by atoms with E-state index in [1.807, 2.05) is 82.2 Å². The summed E-state index contributed by atoms with van der Waals surface area (Å²) >= 11 is 0. The van der Waals surface area contributed by atoms with Crippen molar-refractivity contribution in [3.63, 3.8) is 0 Å². The smallest absolute Gasteiger partial charge is 0.264 e. The van der Waals surface area contributed by atoms with Gasteiger partial charge >= 0.3 is 0 Å². The van der Waals surface area contributed by atoms with Crippen molar-refractivity contribution in [3.8, 4) is 5.75 Å². The van der Waals surface area contributed by atoms with E-state index < -0.39 is 0 Å². The highest BCUT2D eigenvalue weighted by Gasteiger charge is 2.25. The lowest BCUT2D eigenvalue weighted by atomic mass is 10.0. The Kier molecular flexibility index (Phi) is 10.1. The second-order valence-electron chi connectivity index (χ2n) is 10.4. The molecule has 0 spiro atoms. The molecular formula is C31H41N5O3. The van der Waals surface area contributed by atoms with Crippen molar-refractivity contribution >= 4 is 17.5 Å². The van der Waals surface area contributed by atoms with E-state index in [0.29, 0.717) is 44.4 Å². The Morgan fingerprint density at radius 3 is 2.51 bits per heavy atom. The fraction of sp³-hybridized carbons (Fsp3) is 0.452. The summed E-state index contributed by atoms with van der Waals surface area (Å²) in [4.78, 5) is 33.4. The molecule has 0 aliphatic carbocycles. The van der Waals surface area contributed by atoms with Gasteiger partial charge in [0.05, 0.1) is 5.69 Å². The number of hydrogen-bond donors (Lipinski definition) is 0. The van der Waals surface area contributed by atoms with Gasteiger partial charge in [-0.1, -0.05) is 36.4 Å². The first-order chi connectivity index (χ1) is 18.9. The molecule has 0 saturated carbocycles. The zero-order valence-electron chi connectivity index (χ0n) is 23.5. The highest BCUT2D eigenvalue weighted by molar-refractivity contribution is 5.96. The van der Waals surface area contributed by atoms with Crippen LogP contribution < -0.4 is 9.64 Å². The van der Waals surface area contributed by atoms with Gasteiger partial charge in [0.1, 0.15) is 5.75 Å². The zero-order valence-corrected chi connectivity index (χ0v) is 23.5. The van der Waals surface area contributed by atoms with Gasteiger partial charge in [-0.05, 0) is 62.9 Å². The van der Waals surface area contributed by atoms with E-state index in [9.17, 15) is 9.59 Å². The maximum Gasteiger partial charge on any atom is 0.264 e. The number of anilines is 1. The van der Waals surface area contributed by atoms with Crippen LogP contribution in [0.5, 0.6) is 5.75 Å². The Morgan fingerprint density at radius 1 is 0.949 bits per heavy atom. The Hall–Kier alpha value is -3.65. The van der Waals surface area contributed by atoms with Crippen molar-refractivity contribution in [2.75, 3.05) is 37.7 Å². The van der Waals surface area contributed by atoms with Crippen molar-refractivity contribution in [2.24, 2.45) is 0 Å². The number of hydrogen-bond acceptors (Lipinski definition) is 5. The normalized spacial score (nSPS) is 15.1. The minimum absolute atomic E-state index is 0.0399. The third-order valence-electron chi connectivity index (χ3n) is 7.26. The molecule has 2 amide bonds. The summed E-state index contributed by atoms with van der Waals surface area (Å²) in [5, 5.41) is 4.25. The highest BCUT2D eigenvalue weighted by atomic mass is 16.5. The first-order valence-electron chi connectivity index (χ1n) is 14.0. The van der Waals surface area contributed by atoms with Crippen molar-refractivity contribution < 1.29 is 14.3 Å². The Morgan fingerprint density at radius 2 is 1.77 bits per heavy atom. The molecule has 0 fully saturated rings. The number of carbonyl (C=O) groups excluding carboxylic acids is 2. The van der Waals surface area contributed by atoms with Crippen LogP contribution in [0.3, 0.4) is 0 Å². The maximum absolute atomic E-state index is 13.6. The van der Waals surface area contributed by atoms with Crippen molar-refractivity contribution in [1.29, 1.82) is 0 Å². The number of fused-ring (bicyclic) bond motifs is 1. The van der Waals surface area contributed by atoms with Gasteiger partial charge in [-0.3, -0.25) is 19.2 Å². The Bertz CT molecular complexity index is 1200. The van der Waals surface area contributed by atoms with Gasteiger partial charge in [0.2, 0.25) is 5.91 Å². The molecule has 3 aromatic rings. The molecule has 1 aliphatic heterocycles. The van der Waals surface area contributed by atoms with E-state index in [4.69, 9.17) is 4.74 Å². The highest BCUT2D eigenvalue weighted by Crippen LogP contribution is 2.28. The molecule has 1 aromatic heterocycles. The summed E-state index contributed by atoms with van der Waals surface area (Å²) in [5.41, 5.74) is 2.90. The van der Waals surface area contributed by atoms with Crippen LogP contribution in [0.4, 0.5) is 5.69 Å². The largest absolute Gasteiger partial charge is 0.484 e. The molecule has 0 saturated heterocycles. The summed E-state index contributed by atoms with van der Waals surface area (Å²) in [5.74, 6) is 0.719. The lowest BCUT2D eigenvalue weighted by Gasteiger charge is -2.30. The Labute approximate surface area is 232 Å². The van der Waals surface area contributed by atoms with Crippen LogP contribution in [-0.4, -0.2) is 70.2 Å². The minimum Gasteiger partial charge on any atom is -0.484 e. The number of para-hydroxylation sites is 2. The predicted molar refractivity (Wildman–Crippen MR) is 154 cm³/mol. The van der Waals surface area contributed by atoms with Crippen LogP contribution >= 0.6 is 0 Å². The number of amides is 2. The number of benzene rings is 2. The first kappa shape index (κ1) is 28.4. The summed E-state index contributed by atoms with van der Waals surface area (Å²) in [6.45, 7) is 10.4. The van der Waals surface area contributed by atoms with Gasteiger partial charge < -0.3 is 14.5 Å². The fourth-order valence-electron chi connectivity index (χ4n) is 5.12. The van der Waals surface area contributed by atoms with E-state index in [1.165, 1.54) is 0 Å². The quantitative estimate of drug-likeness (QED) is 0.427. The minimum atomic E-state index is -0.0816. The topological polar surface area (TPSA) is 70.9 Å². The number of rotatable bonds is 8. The average Bonchev–Trinajstić information content (AvgIpc) is 3.44. The number of ether oxygens (including phenoxy) is 1. The van der Waals surface area contributed by atoms with E-state index >= 15 is 0 Å². The number of nitrogens with zero attached hydrogens (tertiary/aromatic N) is 5. The first-order valence-corrected chi connectivity index (χ1v) is 14.0. The molecule has 0 N–H and O–H groups in total. The monoisotopic (exact) mass is 531 g/mol. The second kappa shape index (κ2) is 13.9. The molecule has 0 unspecified atom stereocenters. The molecule has 8 heteroatoms. The number of aryl methyl sites for hydroxylation is 2. The fourth-order valence-corrected chi connectivity index (χ4v) is 5.12. The lowest BCUT2D eigenvalue weighted by Crippen LogP contribution is -2.41. The standard InChI is InChI=1S/C31H41N5O3/c1-25(2)33-17-10-20-36(30(38)24-39-28-13-5-4-6-14-28)31-26(3)11-7-12-27(31)23-34(22-21-33)29(37)15-8-18-35-19-9-16-32-35/h4-7,9,11-14,16,19,25H,8,10,15,17-18,20-24H2,1-3H3. The van der Waals surface area contributed by atoms with Crippen molar-refractivity contribution in [3.05, 3.63) is 78.1 Å². The molecule has 8 nitrogen and oxygen atoms in total. The molecule has 2 heterocycles.